The Kier molecular flexibility index (Phi) is 6.69. The molecule has 0 aromatic carbocycles. The monoisotopic (exact) mass is 392 g/mol. The van der Waals surface area contributed by atoms with Crippen LogP contribution in [-0.4, -0.2) is 17.0 Å². The van der Waals surface area contributed by atoms with Crippen molar-refractivity contribution < 1.29 is 20.4 Å². The smallest absolute Gasteiger partial charge is 0.0449 e. The molecule has 0 nitrogen and oxygen atoms in total. The van der Waals surface area contributed by atoms with Gasteiger partial charge in [-0.3, -0.25) is 0 Å². The molecule has 3 rings (SSSR count). The zero-order valence-corrected chi connectivity index (χ0v) is 15.1. The summed E-state index contributed by atoms with van der Waals surface area (Å²) in [4.78, 5) is 0. The normalized spacial score (nSPS) is 27.0. The van der Waals surface area contributed by atoms with Gasteiger partial charge in [-0.1, -0.05) is 12.9 Å². The van der Waals surface area contributed by atoms with E-state index in [-0.39, 0.29) is 20.4 Å². The Hall–Kier alpha value is 1.38. The van der Waals surface area contributed by atoms with Crippen molar-refractivity contribution in [2.45, 2.75) is 94.0 Å². The van der Waals surface area contributed by atoms with Gasteiger partial charge in [-0.15, -0.1) is 0 Å². The van der Waals surface area contributed by atoms with Gasteiger partial charge in [0.05, 0.1) is 0 Å². The second-order valence-electron chi connectivity index (χ2n) is 6.81. The van der Waals surface area contributed by atoms with Crippen molar-refractivity contribution in [1.29, 1.82) is 0 Å². The van der Waals surface area contributed by atoms with Crippen molar-refractivity contribution in [3.8, 4) is 0 Å². The zero-order valence-electron chi connectivity index (χ0n) is 11.9. The van der Waals surface area contributed by atoms with Gasteiger partial charge in [-0.25, -0.2) is 0 Å². The molecular formula is C16H28ClPPd. The van der Waals surface area contributed by atoms with E-state index in [1.54, 1.807) is 0 Å². The molecule has 114 valence electrons. The molecule has 0 spiro atoms. The first-order valence-electron chi connectivity index (χ1n) is 8.20. The molecule has 0 amide bonds. The molecule has 19 heavy (non-hydrogen) atoms. The number of rotatable bonds is 4. The topological polar surface area (TPSA) is 0 Å². The number of hydrogen-bond donors (Lipinski definition) is 0. The third-order valence-electron chi connectivity index (χ3n) is 6.04. The zero-order chi connectivity index (χ0) is 12.4. The van der Waals surface area contributed by atoms with E-state index in [9.17, 15) is 0 Å². The molecule has 0 atom stereocenters. The van der Waals surface area contributed by atoms with E-state index in [0.29, 0.717) is 0 Å². The summed E-state index contributed by atoms with van der Waals surface area (Å²) in [6.07, 6.45) is 17.9. The number of hydrogen-bond acceptors (Lipinski definition) is 0. The maximum Gasteiger partial charge on any atom is 0.0449 e. The molecule has 3 saturated carbocycles. The summed E-state index contributed by atoms with van der Waals surface area (Å²) < 4.78 is 0. The molecule has 0 aromatic rings. The SMILES string of the molecule is Cl[CH-][P+](C1CCCC1)(C1CCCC1)C1CCCC1.[Pd]. The Bertz CT molecular complexity index is 225. The average Bonchev–Trinajstić information content (AvgIpc) is 3.16. The van der Waals surface area contributed by atoms with E-state index in [1.165, 1.54) is 77.0 Å². The summed E-state index contributed by atoms with van der Waals surface area (Å²) in [5.74, 6) is 0. The average molecular weight is 393 g/mol. The Labute approximate surface area is 138 Å². The molecule has 0 saturated heterocycles. The van der Waals surface area contributed by atoms with Crippen LogP contribution in [0.15, 0.2) is 0 Å². The maximum atomic E-state index is 6.59. The van der Waals surface area contributed by atoms with Crippen LogP contribution >= 0.6 is 18.9 Å². The largest absolute Gasteiger partial charge is 0.304 e. The standard InChI is InChI=1S/C16H28ClP.Pd/c17-13-18(14-7-1-2-8-14,15-9-3-4-10-15)16-11-5-6-12-16;/h13-16H,1-12H2;. The molecule has 0 heterocycles. The predicted octanol–water partition coefficient (Wildman–Crippen LogP) is 6.19. The van der Waals surface area contributed by atoms with Gasteiger partial charge in [0.25, 0.3) is 0 Å². The minimum Gasteiger partial charge on any atom is -0.304 e. The molecule has 0 unspecified atom stereocenters. The maximum absolute atomic E-state index is 6.59. The van der Waals surface area contributed by atoms with E-state index in [4.69, 9.17) is 11.6 Å². The molecular weight excluding hydrogens is 365 g/mol. The summed E-state index contributed by atoms with van der Waals surface area (Å²) in [6.45, 7) is 0. The second-order valence-corrected chi connectivity index (χ2v) is 11.6. The Morgan fingerprint density at radius 2 is 0.895 bits per heavy atom. The Morgan fingerprint density at radius 3 is 1.11 bits per heavy atom. The summed E-state index contributed by atoms with van der Waals surface area (Å²) in [5.41, 5.74) is 5.39. The molecule has 0 radical (unpaired) electrons. The van der Waals surface area contributed by atoms with Gasteiger partial charge >= 0.3 is 0 Å². The van der Waals surface area contributed by atoms with Gasteiger partial charge in [-0.05, 0) is 77.0 Å². The minimum absolute atomic E-state index is 0. The third kappa shape index (κ3) is 3.11. The Balaban J connectivity index is 0.00000133. The van der Waals surface area contributed by atoms with Crippen molar-refractivity contribution in [2.75, 3.05) is 0 Å². The van der Waals surface area contributed by atoms with Crippen LogP contribution in [0.1, 0.15) is 77.0 Å². The summed E-state index contributed by atoms with van der Waals surface area (Å²) >= 11 is 6.59. The molecule has 0 bridgehead atoms. The predicted molar refractivity (Wildman–Crippen MR) is 83.8 cm³/mol. The van der Waals surface area contributed by atoms with Gasteiger partial charge in [0.15, 0.2) is 0 Å². The van der Waals surface area contributed by atoms with Crippen LogP contribution in [-0.2, 0) is 20.4 Å². The van der Waals surface area contributed by atoms with E-state index < -0.39 is 7.26 Å². The summed E-state index contributed by atoms with van der Waals surface area (Å²) in [6, 6.07) is 0. The Morgan fingerprint density at radius 1 is 0.632 bits per heavy atom. The van der Waals surface area contributed by atoms with Crippen LogP contribution in [0.2, 0.25) is 0 Å². The van der Waals surface area contributed by atoms with E-state index in [2.05, 4.69) is 5.62 Å². The molecule has 0 N–H and O–H groups in total. The summed E-state index contributed by atoms with van der Waals surface area (Å²) in [7, 11) is -0.980. The van der Waals surface area contributed by atoms with Gasteiger partial charge < -0.3 is 11.6 Å². The first-order chi connectivity index (χ1) is 8.88. The van der Waals surface area contributed by atoms with Crippen LogP contribution < -0.4 is 0 Å². The molecule has 3 aliphatic carbocycles. The van der Waals surface area contributed by atoms with Crippen LogP contribution in [0.3, 0.4) is 0 Å². The fourth-order valence-corrected chi connectivity index (χ4v) is 12.7. The fraction of sp³-hybridized carbons (Fsp3) is 0.938. The van der Waals surface area contributed by atoms with Gasteiger partial charge in [0.1, 0.15) is 0 Å². The first kappa shape index (κ1) is 16.7. The number of halogens is 1. The molecule has 0 aliphatic heterocycles. The van der Waals surface area contributed by atoms with Gasteiger partial charge in [0.2, 0.25) is 0 Å². The second kappa shape index (κ2) is 7.59. The molecule has 0 aromatic heterocycles. The summed E-state index contributed by atoms with van der Waals surface area (Å²) in [5, 5.41) is 0. The van der Waals surface area contributed by atoms with Crippen molar-refractivity contribution in [3.63, 3.8) is 0 Å². The van der Waals surface area contributed by atoms with Crippen LogP contribution in [0, 0.1) is 5.62 Å². The van der Waals surface area contributed by atoms with Crippen molar-refractivity contribution in [2.24, 2.45) is 0 Å². The van der Waals surface area contributed by atoms with E-state index in [0.717, 1.165) is 17.0 Å². The molecule has 3 heteroatoms. The van der Waals surface area contributed by atoms with E-state index >= 15 is 0 Å². The van der Waals surface area contributed by atoms with Gasteiger partial charge in [0, 0.05) is 37.4 Å². The molecule has 3 aliphatic rings. The molecule has 3 fully saturated rings. The van der Waals surface area contributed by atoms with Crippen molar-refractivity contribution in [1.82, 2.24) is 0 Å². The first-order valence-corrected chi connectivity index (χ1v) is 10.7. The minimum atomic E-state index is -0.980. The fourth-order valence-electron chi connectivity index (χ4n) is 5.19. The third-order valence-corrected chi connectivity index (χ3v) is 12.7. The van der Waals surface area contributed by atoms with Crippen LogP contribution in [0.5, 0.6) is 0 Å². The van der Waals surface area contributed by atoms with E-state index in [1.807, 2.05) is 0 Å². The van der Waals surface area contributed by atoms with Crippen LogP contribution in [0.4, 0.5) is 0 Å². The quantitative estimate of drug-likeness (QED) is 0.304. The van der Waals surface area contributed by atoms with Crippen molar-refractivity contribution in [3.05, 3.63) is 5.62 Å². The van der Waals surface area contributed by atoms with Crippen molar-refractivity contribution >= 4 is 18.9 Å². The van der Waals surface area contributed by atoms with Gasteiger partial charge in [-0.2, -0.15) is 0 Å². The van der Waals surface area contributed by atoms with Crippen LogP contribution in [0.25, 0.3) is 0 Å².